The standard InChI is InChI=1S/C14H18ClFN4O/c1-7(2)18-14(17)20-6-8(3)12(19-20)9-4-5-10(16)11(15)13(9)21/h4-5,7-8,21H,6H2,1-3H3,(H2,17,18)/t8-/m1/s1. The highest BCUT2D eigenvalue weighted by Gasteiger charge is 2.28. The van der Waals surface area contributed by atoms with Crippen molar-refractivity contribution in [3.05, 3.63) is 28.5 Å². The van der Waals surface area contributed by atoms with E-state index in [9.17, 15) is 9.50 Å². The van der Waals surface area contributed by atoms with Gasteiger partial charge >= 0.3 is 0 Å². The first kappa shape index (κ1) is 15.6. The van der Waals surface area contributed by atoms with Crippen molar-refractivity contribution in [1.82, 2.24) is 5.01 Å². The van der Waals surface area contributed by atoms with Crippen LogP contribution in [0.4, 0.5) is 4.39 Å². The summed E-state index contributed by atoms with van der Waals surface area (Å²) in [7, 11) is 0. The van der Waals surface area contributed by atoms with Gasteiger partial charge in [-0.25, -0.2) is 14.4 Å². The molecule has 2 rings (SSSR count). The zero-order valence-corrected chi connectivity index (χ0v) is 12.9. The van der Waals surface area contributed by atoms with Crippen LogP contribution in [0.25, 0.3) is 0 Å². The molecule has 7 heteroatoms. The van der Waals surface area contributed by atoms with Crippen molar-refractivity contribution in [2.45, 2.75) is 26.8 Å². The number of halogens is 2. The SMILES string of the molecule is CC(C)N=C(N)N1C[C@@H](C)C(c2ccc(F)c(Cl)c2O)=N1. The van der Waals surface area contributed by atoms with Crippen molar-refractivity contribution in [2.75, 3.05) is 6.54 Å². The molecule has 0 saturated carbocycles. The van der Waals surface area contributed by atoms with Gasteiger partial charge in [-0.15, -0.1) is 0 Å². The van der Waals surface area contributed by atoms with Crippen LogP contribution in [0.3, 0.4) is 0 Å². The number of hydrazone groups is 1. The molecule has 1 aliphatic rings. The molecule has 3 N–H and O–H groups in total. The van der Waals surface area contributed by atoms with Crippen molar-refractivity contribution in [2.24, 2.45) is 21.7 Å². The second kappa shape index (κ2) is 5.89. The van der Waals surface area contributed by atoms with Gasteiger partial charge in [0.05, 0.1) is 12.3 Å². The molecule has 0 radical (unpaired) electrons. The van der Waals surface area contributed by atoms with E-state index in [2.05, 4.69) is 10.1 Å². The molecule has 1 aliphatic heterocycles. The normalized spacial score (nSPS) is 19.3. The lowest BCUT2D eigenvalue weighted by molar-refractivity contribution is 0.447. The summed E-state index contributed by atoms with van der Waals surface area (Å²) in [6.45, 7) is 6.33. The summed E-state index contributed by atoms with van der Waals surface area (Å²) < 4.78 is 13.3. The first-order valence-electron chi connectivity index (χ1n) is 6.68. The van der Waals surface area contributed by atoms with Crippen LogP contribution >= 0.6 is 11.6 Å². The number of phenols is 1. The molecule has 0 amide bonds. The van der Waals surface area contributed by atoms with E-state index in [1.54, 1.807) is 5.01 Å². The zero-order valence-electron chi connectivity index (χ0n) is 12.1. The molecule has 0 spiro atoms. The van der Waals surface area contributed by atoms with E-state index in [-0.39, 0.29) is 22.7 Å². The van der Waals surface area contributed by atoms with Gasteiger partial charge in [-0.3, -0.25) is 0 Å². The number of nitrogens with two attached hydrogens (primary N) is 1. The molecule has 0 unspecified atom stereocenters. The zero-order chi connectivity index (χ0) is 15.7. The molecule has 21 heavy (non-hydrogen) atoms. The van der Waals surface area contributed by atoms with Crippen molar-refractivity contribution in [3.63, 3.8) is 0 Å². The average Bonchev–Trinajstić information content (AvgIpc) is 2.78. The van der Waals surface area contributed by atoms with Crippen LogP contribution in [0.2, 0.25) is 5.02 Å². The van der Waals surface area contributed by atoms with Crippen LogP contribution in [-0.4, -0.2) is 34.4 Å². The van der Waals surface area contributed by atoms with Crippen molar-refractivity contribution in [1.29, 1.82) is 0 Å². The lowest BCUT2D eigenvalue weighted by Gasteiger charge is -2.13. The van der Waals surface area contributed by atoms with Crippen molar-refractivity contribution in [3.8, 4) is 5.75 Å². The third kappa shape index (κ3) is 3.10. The first-order chi connectivity index (χ1) is 9.81. The van der Waals surface area contributed by atoms with E-state index >= 15 is 0 Å². The number of rotatable bonds is 2. The fourth-order valence-electron chi connectivity index (χ4n) is 2.16. The monoisotopic (exact) mass is 312 g/mol. The fourth-order valence-corrected chi connectivity index (χ4v) is 2.32. The van der Waals surface area contributed by atoms with Gasteiger partial charge in [-0.2, -0.15) is 5.10 Å². The molecule has 1 heterocycles. The Labute approximate surface area is 127 Å². The van der Waals surface area contributed by atoms with Gasteiger partial charge in [0.25, 0.3) is 0 Å². The van der Waals surface area contributed by atoms with E-state index in [1.165, 1.54) is 12.1 Å². The van der Waals surface area contributed by atoms with Crippen LogP contribution < -0.4 is 5.73 Å². The number of aliphatic imine (C=N–C) groups is 1. The van der Waals surface area contributed by atoms with Gasteiger partial charge < -0.3 is 10.8 Å². The quantitative estimate of drug-likeness (QED) is 0.651. The molecular weight excluding hydrogens is 295 g/mol. The highest BCUT2D eigenvalue weighted by molar-refractivity contribution is 6.33. The third-order valence-electron chi connectivity index (χ3n) is 3.14. The second-order valence-electron chi connectivity index (χ2n) is 5.31. The molecule has 5 nitrogen and oxygen atoms in total. The van der Waals surface area contributed by atoms with Crippen LogP contribution in [0.5, 0.6) is 5.75 Å². The Morgan fingerprint density at radius 1 is 1.57 bits per heavy atom. The third-order valence-corrected chi connectivity index (χ3v) is 3.50. The van der Waals surface area contributed by atoms with Gasteiger partial charge in [0.2, 0.25) is 5.96 Å². The smallest absolute Gasteiger partial charge is 0.212 e. The Balaban J connectivity index is 2.38. The summed E-state index contributed by atoms with van der Waals surface area (Å²) in [5, 5.41) is 15.6. The maximum absolute atomic E-state index is 13.3. The van der Waals surface area contributed by atoms with Crippen LogP contribution in [-0.2, 0) is 0 Å². The molecule has 1 atom stereocenters. The van der Waals surface area contributed by atoms with E-state index < -0.39 is 5.82 Å². The summed E-state index contributed by atoms with van der Waals surface area (Å²) in [6, 6.07) is 2.74. The van der Waals surface area contributed by atoms with E-state index in [1.807, 2.05) is 20.8 Å². The summed E-state index contributed by atoms with van der Waals surface area (Å²) in [4.78, 5) is 4.24. The van der Waals surface area contributed by atoms with Crippen LogP contribution in [0.1, 0.15) is 26.3 Å². The number of phenolic OH excluding ortho intramolecular Hbond substituents is 1. The van der Waals surface area contributed by atoms with Gasteiger partial charge in [-0.1, -0.05) is 18.5 Å². The largest absolute Gasteiger partial charge is 0.506 e. The summed E-state index contributed by atoms with van der Waals surface area (Å²) in [5.74, 6) is -0.636. The number of hydrogen-bond acceptors (Lipinski definition) is 3. The Morgan fingerprint density at radius 3 is 2.86 bits per heavy atom. The molecular formula is C14H18ClFN4O. The highest BCUT2D eigenvalue weighted by Crippen LogP contribution is 2.33. The van der Waals surface area contributed by atoms with Crippen LogP contribution in [0, 0.1) is 11.7 Å². The van der Waals surface area contributed by atoms with Gasteiger partial charge in [0.1, 0.15) is 16.6 Å². The lowest BCUT2D eigenvalue weighted by atomic mass is 9.98. The number of benzene rings is 1. The minimum atomic E-state index is -0.665. The summed E-state index contributed by atoms with van der Waals surface area (Å²) in [5.41, 5.74) is 6.91. The topological polar surface area (TPSA) is 74.2 Å². The van der Waals surface area contributed by atoms with E-state index in [4.69, 9.17) is 17.3 Å². The fraction of sp³-hybridized carbons (Fsp3) is 0.429. The molecule has 114 valence electrons. The predicted molar refractivity (Wildman–Crippen MR) is 82.2 cm³/mol. The number of aromatic hydroxyl groups is 1. The molecule has 0 aliphatic carbocycles. The Hall–Kier alpha value is -1.82. The first-order valence-corrected chi connectivity index (χ1v) is 7.05. The Morgan fingerprint density at radius 2 is 2.24 bits per heavy atom. The van der Waals surface area contributed by atoms with Crippen LogP contribution in [0.15, 0.2) is 22.2 Å². The molecule has 0 aromatic heterocycles. The summed E-state index contributed by atoms with van der Waals surface area (Å²) >= 11 is 5.73. The minimum absolute atomic E-state index is 0.0124. The van der Waals surface area contributed by atoms with E-state index in [0.717, 1.165) is 0 Å². The molecule has 1 aromatic rings. The average molecular weight is 313 g/mol. The number of nitrogens with zero attached hydrogens (tertiary/aromatic N) is 3. The number of guanidine groups is 1. The lowest BCUT2D eigenvalue weighted by Crippen LogP contribution is -2.33. The molecule has 1 aromatic carbocycles. The predicted octanol–water partition coefficient (Wildman–Crippen LogP) is 2.56. The van der Waals surface area contributed by atoms with Gasteiger partial charge in [0.15, 0.2) is 0 Å². The van der Waals surface area contributed by atoms with E-state index in [0.29, 0.717) is 23.8 Å². The second-order valence-corrected chi connectivity index (χ2v) is 5.68. The summed E-state index contributed by atoms with van der Waals surface area (Å²) in [6.07, 6.45) is 0. The van der Waals surface area contributed by atoms with Crippen molar-refractivity contribution >= 4 is 23.3 Å². The van der Waals surface area contributed by atoms with Crippen molar-refractivity contribution < 1.29 is 9.50 Å². The molecule has 0 saturated heterocycles. The maximum Gasteiger partial charge on any atom is 0.212 e. The van der Waals surface area contributed by atoms with Gasteiger partial charge in [-0.05, 0) is 26.0 Å². The Bertz CT molecular complexity index is 615. The highest BCUT2D eigenvalue weighted by atomic mass is 35.5. The maximum atomic E-state index is 13.3. The Kier molecular flexibility index (Phi) is 4.37. The van der Waals surface area contributed by atoms with Gasteiger partial charge in [0, 0.05) is 17.5 Å². The molecule has 0 bridgehead atoms. The molecule has 0 fully saturated rings. The number of hydrogen-bond donors (Lipinski definition) is 2. The minimum Gasteiger partial charge on any atom is -0.506 e.